The molecule has 0 aliphatic heterocycles. The third-order valence-corrected chi connectivity index (χ3v) is 4.26. The van der Waals surface area contributed by atoms with E-state index in [0.717, 1.165) is 20.1 Å². The molecule has 0 aliphatic rings. The number of halogens is 3. The van der Waals surface area contributed by atoms with Gasteiger partial charge in [-0.15, -0.1) is 0 Å². The molecule has 0 saturated carbocycles. The van der Waals surface area contributed by atoms with Crippen molar-refractivity contribution in [1.82, 2.24) is 0 Å². The van der Waals surface area contributed by atoms with Crippen molar-refractivity contribution in [2.45, 2.75) is 18.9 Å². The van der Waals surface area contributed by atoms with Gasteiger partial charge in [0, 0.05) is 15.4 Å². The van der Waals surface area contributed by atoms with Crippen molar-refractivity contribution in [2.75, 3.05) is 0 Å². The van der Waals surface area contributed by atoms with Gasteiger partial charge in [-0.05, 0) is 48.4 Å². The average molecular weight is 388 g/mol. The van der Waals surface area contributed by atoms with Crippen LogP contribution in [0, 0.1) is 5.82 Å². The van der Waals surface area contributed by atoms with Crippen LogP contribution in [0.25, 0.3) is 0 Å². The summed E-state index contributed by atoms with van der Waals surface area (Å²) in [6.45, 7) is 1.73. The van der Waals surface area contributed by atoms with Crippen LogP contribution in [0.15, 0.2) is 51.4 Å². The van der Waals surface area contributed by atoms with Crippen molar-refractivity contribution in [3.8, 4) is 0 Å². The van der Waals surface area contributed by atoms with Crippen LogP contribution in [0.1, 0.15) is 18.1 Å². The van der Waals surface area contributed by atoms with Crippen LogP contribution < -0.4 is 0 Å². The van der Waals surface area contributed by atoms with Crippen molar-refractivity contribution < 1.29 is 9.50 Å². The van der Waals surface area contributed by atoms with Crippen molar-refractivity contribution >= 4 is 31.9 Å². The predicted molar refractivity (Wildman–Crippen MR) is 81.5 cm³/mol. The van der Waals surface area contributed by atoms with Gasteiger partial charge in [-0.3, -0.25) is 0 Å². The topological polar surface area (TPSA) is 20.2 Å². The molecule has 0 saturated heterocycles. The van der Waals surface area contributed by atoms with Gasteiger partial charge < -0.3 is 5.11 Å². The number of hydrogen-bond acceptors (Lipinski definition) is 1. The molecule has 4 heteroatoms. The minimum Gasteiger partial charge on any atom is -0.385 e. The molecule has 0 aliphatic carbocycles. The Kier molecular flexibility index (Phi) is 4.43. The molecule has 0 spiro atoms. The number of benzene rings is 2. The fraction of sp³-hybridized carbons (Fsp3) is 0.200. The third-order valence-electron chi connectivity index (χ3n) is 2.99. The molecule has 100 valence electrons. The SMILES string of the molecule is CC(O)(Cc1cc(F)ccc1Br)c1cccc(Br)c1. The first-order chi connectivity index (χ1) is 8.88. The van der Waals surface area contributed by atoms with Gasteiger partial charge >= 0.3 is 0 Å². The number of rotatable bonds is 3. The van der Waals surface area contributed by atoms with Crippen LogP contribution in [-0.2, 0) is 12.0 Å². The van der Waals surface area contributed by atoms with Gasteiger partial charge in [0.15, 0.2) is 0 Å². The summed E-state index contributed by atoms with van der Waals surface area (Å²) in [5.74, 6) is -0.303. The second kappa shape index (κ2) is 5.73. The monoisotopic (exact) mass is 386 g/mol. The van der Waals surface area contributed by atoms with Crippen LogP contribution in [0.4, 0.5) is 4.39 Å². The maximum absolute atomic E-state index is 13.3. The fourth-order valence-electron chi connectivity index (χ4n) is 1.98. The van der Waals surface area contributed by atoms with E-state index in [4.69, 9.17) is 0 Å². The molecule has 2 aromatic rings. The highest BCUT2D eigenvalue weighted by atomic mass is 79.9. The number of aliphatic hydroxyl groups is 1. The van der Waals surface area contributed by atoms with Gasteiger partial charge in [-0.1, -0.05) is 44.0 Å². The van der Waals surface area contributed by atoms with E-state index in [1.54, 1.807) is 13.0 Å². The lowest BCUT2D eigenvalue weighted by Crippen LogP contribution is -2.24. The first-order valence-corrected chi connectivity index (χ1v) is 7.39. The Morgan fingerprint density at radius 3 is 2.58 bits per heavy atom. The molecule has 0 bridgehead atoms. The Morgan fingerprint density at radius 2 is 1.89 bits per heavy atom. The van der Waals surface area contributed by atoms with E-state index < -0.39 is 5.60 Å². The zero-order valence-electron chi connectivity index (χ0n) is 10.3. The molecule has 0 amide bonds. The Balaban J connectivity index is 2.33. The molecule has 1 nitrogen and oxygen atoms in total. The van der Waals surface area contributed by atoms with Crippen LogP contribution >= 0.6 is 31.9 Å². The van der Waals surface area contributed by atoms with Crippen molar-refractivity contribution in [1.29, 1.82) is 0 Å². The third kappa shape index (κ3) is 3.65. The molecular weight excluding hydrogens is 375 g/mol. The molecule has 0 radical (unpaired) electrons. The zero-order chi connectivity index (χ0) is 14.0. The largest absolute Gasteiger partial charge is 0.385 e. The molecule has 2 rings (SSSR count). The summed E-state index contributed by atoms with van der Waals surface area (Å²) in [6.07, 6.45) is 0.335. The maximum atomic E-state index is 13.3. The molecule has 0 aromatic heterocycles. The highest BCUT2D eigenvalue weighted by Gasteiger charge is 2.25. The van der Waals surface area contributed by atoms with Gasteiger partial charge in [-0.25, -0.2) is 4.39 Å². The highest BCUT2D eigenvalue weighted by Crippen LogP contribution is 2.30. The maximum Gasteiger partial charge on any atom is 0.123 e. The van der Waals surface area contributed by atoms with Gasteiger partial charge in [0.25, 0.3) is 0 Å². The van der Waals surface area contributed by atoms with Gasteiger partial charge in [0.2, 0.25) is 0 Å². The number of hydrogen-bond donors (Lipinski definition) is 1. The van der Waals surface area contributed by atoms with Crippen LogP contribution in [0.5, 0.6) is 0 Å². The van der Waals surface area contributed by atoms with E-state index in [0.29, 0.717) is 6.42 Å². The smallest absolute Gasteiger partial charge is 0.123 e. The Bertz CT molecular complexity index is 596. The Hall–Kier alpha value is -0.710. The Morgan fingerprint density at radius 1 is 1.16 bits per heavy atom. The first-order valence-electron chi connectivity index (χ1n) is 5.81. The summed E-state index contributed by atoms with van der Waals surface area (Å²) in [5, 5.41) is 10.6. The standard InChI is InChI=1S/C15H13Br2FO/c1-15(19,11-3-2-4-12(16)8-11)9-10-7-13(18)5-6-14(10)17/h2-8,19H,9H2,1H3. The summed E-state index contributed by atoms with van der Waals surface area (Å²) in [7, 11) is 0. The molecule has 19 heavy (non-hydrogen) atoms. The lowest BCUT2D eigenvalue weighted by atomic mass is 9.89. The molecule has 0 heterocycles. The van der Waals surface area contributed by atoms with Gasteiger partial charge in [0.1, 0.15) is 5.82 Å². The van der Waals surface area contributed by atoms with E-state index in [-0.39, 0.29) is 5.82 Å². The van der Waals surface area contributed by atoms with Crippen molar-refractivity contribution in [3.63, 3.8) is 0 Å². The molecule has 1 atom stereocenters. The van der Waals surface area contributed by atoms with Gasteiger partial charge in [-0.2, -0.15) is 0 Å². The van der Waals surface area contributed by atoms with E-state index in [1.165, 1.54) is 12.1 Å². The van der Waals surface area contributed by atoms with Crippen LogP contribution in [0.3, 0.4) is 0 Å². The quantitative estimate of drug-likeness (QED) is 0.801. The second-order valence-corrected chi connectivity index (χ2v) is 6.47. The molecule has 1 N–H and O–H groups in total. The van der Waals surface area contributed by atoms with E-state index >= 15 is 0 Å². The fourth-order valence-corrected chi connectivity index (χ4v) is 2.76. The molecular formula is C15H13Br2FO. The molecule has 2 aromatic carbocycles. The normalized spacial score (nSPS) is 14.2. The first kappa shape index (κ1) is 14.7. The average Bonchev–Trinajstić information content (AvgIpc) is 2.33. The van der Waals surface area contributed by atoms with Gasteiger partial charge in [0.05, 0.1) is 5.60 Å². The minimum absolute atomic E-state index is 0.303. The Labute approximate surface area is 128 Å². The molecule has 0 fully saturated rings. The van der Waals surface area contributed by atoms with E-state index in [1.807, 2.05) is 24.3 Å². The highest BCUT2D eigenvalue weighted by molar-refractivity contribution is 9.10. The summed E-state index contributed by atoms with van der Waals surface area (Å²) < 4.78 is 15.0. The summed E-state index contributed by atoms with van der Waals surface area (Å²) >= 11 is 6.77. The summed E-state index contributed by atoms with van der Waals surface area (Å²) in [4.78, 5) is 0. The van der Waals surface area contributed by atoms with Crippen molar-refractivity contribution in [3.05, 3.63) is 68.4 Å². The van der Waals surface area contributed by atoms with Crippen molar-refractivity contribution in [2.24, 2.45) is 0 Å². The van der Waals surface area contributed by atoms with Crippen LogP contribution in [-0.4, -0.2) is 5.11 Å². The lowest BCUT2D eigenvalue weighted by Gasteiger charge is -2.25. The molecule has 1 unspecified atom stereocenters. The van der Waals surface area contributed by atoms with E-state index in [9.17, 15) is 9.50 Å². The second-order valence-electron chi connectivity index (χ2n) is 4.70. The predicted octanol–water partition coefficient (Wildman–Crippen LogP) is 4.80. The zero-order valence-corrected chi connectivity index (χ0v) is 13.5. The minimum atomic E-state index is -1.06. The summed E-state index contributed by atoms with van der Waals surface area (Å²) in [5.41, 5.74) is 0.475. The van der Waals surface area contributed by atoms with E-state index in [2.05, 4.69) is 31.9 Å². The van der Waals surface area contributed by atoms with Crippen LogP contribution in [0.2, 0.25) is 0 Å². The lowest BCUT2D eigenvalue weighted by molar-refractivity contribution is 0.0573. The summed E-state index contributed by atoms with van der Waals surface area (Å²) in [6, 6.07) is 12.0.